The van der Waals surface area contributed by atoms with Crippen molar-refractivity contribution in [1.82, 2.24) is 10.2 Å². The molecule has 0 spiro atoms. The molecule has 1 fully saturated rings. The predicted octanol–water partition coefficient (Wildman–Crippen LogP) is -0.158. The molecule has 0 aromatic heterocycles. The minimum Gasteiger partial charge on any atom is -0.508 e. The van der Waals surface area contributed by atoms with Crippen LogP contribution in [0.15, 0.2) is 24.3 Å². The zero-order chi connectivity index (χ0) is 18.6. The Balaban J connectivity index is 2.05. The number of carboxylic acids is 1. The van der Waals surface area contributed by atoms with Gasteiger partial charge in [0.25, 0.3) is 0 Å². The highest BCUT2D eigenvalue weighted by atomic mass is 16.4. The van der Waals surface area contributed by atoms with Crippen LogP contribution in [0.2, 0.25) is 0 Å². The molecule has 8 heteroatoms. The smallest absolute Gasteiger partial charge is 0.326 e. The van der Waals surface area contributed by atoms with Crippen molar-refractivity contribution in [3.63, 3.8) is 0 Å². The molecule has 0 aliphatic carbocycles. The van der Waals surface area contributed by atoms with Crippen molar-refractivity contribution in [2.75, 3.05) is 6.54 Å². The van der Waals surface area contributed by atoms with Crippen LogP contribution in [0.5, 0.6) is 5.75 Å². The standard InChI is InChI=1S/C17H23N3O5/c1-10(18)16(23)20-8-2-3-14(20)15(22)19-13(17(24)25)9-11-4-6-12(21)7-5-11/h4-7,10,13-14,21H,2-3,8-9,18H2,1H3,(H,19,22)(H,24,25)/t10-,13-,14-/m0/s1. The van der Waals surface area contributed by atoms with Gasteiger partial charge in [-0.2, -0.15) is 0 Å². The number of carboxylic acid groups (broad SMARTS) is 1. The first-order chi connectivity index (χ1) is 11.8. The van der Waals surface area contributed by atoms with Gasteiger partial charge in [0.15, 0.2) is 0 Å². The molecule has 0 unspecified atom stereocenters. The Hall–Kier alpha value is -2.61. The third-order valence-electron chi connectivity index (χ3n) is 4.22. The maximum absolute atomic E-state index is 12.5. The average Bonchev–Trinajstić information content (AvgIpc) is 3.04. The minimum absolute atomic E-state index is 0.0787. The molecule has 136 valence electrons. The number of phenols is 1. The number of hydrogen-bond acceptors (Lipinski definition) is 5. The topological polar surface area (TPSA) is 133 Å². The van der Waals surface area contributed by atoms with Crippen LogP contribution >= 0.6 is 0 Å². The lowest BCUT2D eigenvalue weighted by Crippen LogP contribution is -2.53. The molecule has 1 aromatic rings. The van der Waals surface area contributed by atoms with Gasteiger partial charge in [0.05, 0.1) is 6.04 Å². The van der Waals surface area contributed by atoms with Crippen molar-refractivity contribution in [3.05, 3.63) is 29.8 Å². The summed E-state index contributed by atoms with van der Waals surface area (Å²) in [6, 6.07) is 3.58. The molecule has 25 heavy (non-hydrogen) atoms. The Kier molecular flexibility index (Phi) is 5.97. The van der Waals surface area contributed by atoms with Crippen molar-refractivity contribution in [3.8, 4) is 5.75 Å². The fourth-order valence-corrected chi connectivity index (χ4v) is 2.90. The molecule has 0 radical (unpaired) electrons. The SMILES string of the molecule is C[C@H](N)C(=O)N1CCC[C@H]1C(=O)N[C@@H](Cc1ccc(O)cc1)C(=O)O. The van der Waals surface area contributed by atoms with Crippen molar-refractivity contribution in [2.24, 2.45) is 5.73 Å². The van der Waals surface area contributed by atoms with E-state index in [0.717, 1.165) is 0 Å². The molecule has 0 saturated carbocycles. The number of likely N-dealkylation sites (tertiary alicyclic amines) is 1. The first kappa shape index (κ1) is 18.7. The van der Waals surface area contributed by atoms with E-state index in [4.69, 9.17) is 5.73 Å². The van der Waals surface area contributed by atoms with Gasteiger partial charge in [0.1, 0.15) is 17.8 Å². The van der Waals surface area contributed by atoms with Gasteiger partial charge in [-0.3, -0.25) is 9.59 Å². The van der Waals surface area contributed by atoms with Crippen LogP contribution in [-0.4, -0.2) is 57.6 Å². The summed E-state index contributed by atoms with van der Waals surface area (Å²) in [7, 11) is 0. The van der Waals surface area contributed by atoms with Crippen LogP contribution in [0.1, 0.15) is 25.3 Å². The van der Waals surface area contributed by atoms with E-state index in [9.17, 15) is 24.6 Å². The first-order valence-corrected chi connectivity index (χ1v) is 8.16. The third-order valence-corrected chi connectivity index (χ3v) is 4.22. The van der Waals surface area contributed by atoms with Crippen molar-refractivity contribution in [1.29, 1.82) is 0 Å². The number of carbonyl (C=O) groups is 3. The van der Waals surface area contributed by atoms with Gasteiger partial charge < -0.3 is 26.2 Å². The van der Waals surface area contributed by atoms with E-state index < -0.39 is 30.0 Å². The lowest BCUT2D eigenvalue weighted by Gasteiger charge is -2.26. The Morgan fingerprint density at radius 3 is 2.52 bits per heavy atom. The molecule has 1 aliphatic rings. The second kappa shape index (κ2) is 7.98. The van der Waals surface area contributed by atoms with Crippen LogP contribution in [0.25, 0.3) is 0 Å². The summed E-state index contributed by atoms with van der Waals surface area (Å²) in [6.07, 6.45) is 1.23. The average molecular weight is 349 g/mol. The van der Waals surface area contributed by atoms with Gasteiger partial charge in [-0.15, -0.1) is 0 Å². The van der Waals surface area contributed by atoms with E-state index in [-0.39, 0.29) is 18.1 Å². The maximum atomic E-state index is 12.5. The van der Waals surface area contributed by atoms with Crippen LogP contribution in [0, 0.1) is 0 Å². The quantitative estimate of drug-likeness (QED) is 0.564. The summed E-state index contributed by atoms with van der Waals surface area (Å²) in [5.74, 6) is -1.89. The molecule has 1 aromatic carbocycles. The Bertz CT molecular complexity index is 644. The summed E-state index contributed by atoms with van der Waals surface area (Å²) in [5, 5.41) is 21.2. The predicted molar refractivity (Wildman–Crippen MR) is 89.8 cm³/mol. The highest BCUT2D eigenvalue weighted by molar-refractivity contribution is 5.92. The van der Waals surface area contributed by atoms with Gasteiger partial charge in [0, 0.05) is 13.0 Å². The number of nitrogens with zero attached hydrogens (tertiary/aromatic N) is 1. The zero-order valence-corrected chi connectivity index (χ0v) is 14.0. The van der Waals surface area contributed by atoms with E-state index in [1.54, 1.807) is 19.1 Å². The number of amides is 2. The number of nitrogens with one attached hydrogen (secondary N) is 1. The summed E-state index contributed by atoms with van der Waals surface area (Å²) in [4.78, 5) is 37.5. The zero-order valence-electron chi connectivity index (χ0n) is 14.0. The number of nitrogens with two attached hydrogens (primary N) is 1. The number of phenolic OH excluding ortho intramolecular Hbond substituents is 1. The normalized spacial score (nSPS) is 19.3. The monoisotopic (exact) mass is 349 g/mol. The fraction of sp³-hybridized carbons (Fsp3) is 0.471. The highest BCUT2D eigenvalue weighted by Gasteiger charge is 2.36. The molecule has 1 heterocycles. The summed E-state index contributed by atoms with van der Waals surface area (Å²) in [5.41, 5.74) is 6.27. The molecule has 5 N–H and O–H groups in total. The highest BCUT2D eigenvalue weighted by Crippen LogP contribution is 2.19. The third kappa shape index (κ3) is 4.69. The van der Waals surface area contributed by atoms with Crippen molar-refractivity contribution in [2.45, 2.75) is 44.3 Å². The van der Waals surface area contributed by atoms with Crippen LogP contribution in [-0.2, 0) is 20.8 Å². The summed E-state index contributed by atoms with van der Waals surface area (Å²) < 4.78 is 0. The molecule has 3 atom stereocenters. The Morgan fingerprint density at radius 2 is 1.96 bits per heavy atom. The number of benzene rings is 1. The molecule has 1 saturated heterocycles. The van der Waals surface area contributed by atoms with E-state index in [0.29, 0.717) is 24.9 Å². The van der Waals surface area contributed by atoms with E-state index in [2.05, 4.69) is 5.32 Å². The largest absolute Gasteiger partial charge is 0.508 e. The molecule has 1 aliphatic heterocycles. The lowest BCUT2D eigenvalue weighted by molar-refractivity contribution is -0.144. The second-order valence-electron chi connectivity index (χ2n) is 6.25. The Labute approximate surface area is 145 Å². The van der Waals surface area contributed by atoms with Gasteiger partial charge in [-0.05, 0) is 37.5 Å². The van der Waals surface area contributed by atoms with Gasteiger partial charge in [-0.25, -0.2) is 4.79 Å². The first-order valence-electron chi connectivity index (χ1n) is 8.16. The van der Waals surface area contributed by atoms with E-state index >= 15 is 0 Å². The van der Waals surface area contributed by atoms with Gasteiger partial charge in [0.2, 0.25) is 11.8 Å². The summed E-state index contributed by atoms with van der Waals surface area (Å²) >= 11 is 0. The second-order valence-corrected chi connectivity index (χ2v) is 6.25. The maximum Gasteiger partial charge on any atom is 0.326 e. The lowest BCUT2D eigenvalue weighted by atomic mass is 10.0. The molecule has 2 rings (SSSR count). The summed E-state index contributed by atoms with van der Waals surface area (Å²) in [6.45, 7) is 1.99. The minimum atomic E-state index is -1.16. The molecular weight excluding hydrogens is 326 g/mol. The number of aliphatic carboxylic acids is 1. The van der Waals surface area contributed by atoms with Gasteiger partial charge >= 0.3 is 5.97 Å². The number of carbonyl (C=O) groups excluding carboxylic acids is 2. The number of hydrogen-bond donors (Lipinski definition) is 4. The number of rotatable bonds is 6. The van der Waals surface area contributed by atoms with Gasteiger partial charge in [-0.1, -0.05) is 12.1 Å². The molecule has 0 bridgehead atoms. The molecule has 8 nitrogen and oxygen atoms in total. The van der Waals surface area contributed by atoms with E-state index in [1.807, 2.05) is 0 Å². The van der Waals surface area contributed by atoms with Crippen molar-refractivity contribution < 1.29 is 24.6 Å². The fourth-order valence-electron chi connectivity index (χ4n) is 2.90. The van der Waals surface area contributed by atoms with E-state index in [1.165, 1.54) is 17.0 Å². The molecule has 2 amide bonds. The van der Waals surface area contributed by atoms with Crippen molar-refractivity contribution >= 4 is 17.8 Å². The Morgan fingerprint density at radius 1 is 1.32 bits per heavy atom. The molecular formula is C17H23N3O5. The van der Waals surface area contributed by atoms with Crippen LogP contribution < -0.4 is 11.1 Å². The van der Waals surface area contributed by atoms with Crippen LogP contribution in [0.4, 0.5) is 0 Å². The van der Waals surface area contributed by atoms with Crippen LogP contribution in [0.3, 0.4) is 0 Å². The number of aromatic hydroxyl groups is 1.